The molecule has 0 atom stereocenters. The molecule has 6 nitrogen and oxygen atoms in total. The lowest BCUT2D eigenvalue weighted by atomic mass is 10.1. The molecule has 0 unspecified atom stereocenters. The van der Waals surface area contributed by atoms with Crippen LogP contribution in [0.4, 0.5) is 17.1 Å². The molecule has 3 rings (SSSR count). The zero-order chi connectivity index (χ0) is 19.9. The van der Waals surface area contributed by atoms with E-state index >= 15 is 0 Å². The molecule has 28 heavy (non-hydrogen) atoms. The van der Waals surface area contributed by atoms with Gasteiger partial charge in [-0.15, -0.1) is 0 Å². The third-order valence-corrected chi connectivity index (χ3v) is 4.19. The average Bonchev–Trinajstić information content (AvgIpc) is 2.68. The quantitative estimate of drug-likeness (QED) is 0.608. The van der Waals surface area contributed by atoms with Crippen LogP contribution in [0.5, 0.6) is 0 Å². The van der Waals surface area contributed by atoms with Crippen LogP contribution in [0.15, 0.2) is 66.9 Å². The van der Waals surface area contributed by atoms with Crippen LogP contribution in [-0.2, 0) is 11.3 Å². The summed E-state index contributed by atoms with van der Waals surface area (Å²) >= 11 is 0. The third kappa shape index (κ3) is 5.17. The van der Waals surface area contributed by atoms with Gasteiger partial charge in [-0.1, -0.05) is 24.3 Å². The number of carbonyl (C=O) groups is 2. The number of hydrogen-bond acceptors (Lipinski definition) is 4. The Morgan fingerprint density at radius 3 is 2.36 bits per heavy atom. The van der Waals surface area contributed by atoms with Crippen molar-refractivity contribution < 1.29 is 9.59 Å². The smallest absolute Gasteiger partial charge is 0.270 e. The van der Waals surface area contributed by atoms with E-state index in [1.165, 1.54) is 6.92 Å². The Labute approximate surface area is 164 Å². The van der Waals surface area contributed by atoms with Crippen LogP contribution in [-0.4, -0.2) is 16.8 Å². The first-order valence-electron chi connectivity index (χ1n) is 8.95. The average molecular weight is 374 g/mol. The van der Waals surface area contributed by atoms with E-state index in [0.717, 1.165) is 28.2 Å². The van der Waals surface area contributed by atoms with Crippen LogP contribution >= 0.6 is 0 Å². The van der Waals surface area contributed by atoms with Crippen LogP contribution < -0.4 is 16.0 Å². The Morgan fingerprint density at radius 2 is 1.64 bits per heavy atom. The van der Waals surface area contributed by atoms with Crippen LogP contribution in [0, 0.1) is 6.92 Å². The molecule has 0 aliphatic rings. The molecular formula is C22H22N4O2. The minimum Gasteiger partial charge on any atom is -0.355 e. The molecule has 2 aromatic carbocycles. The van der Waals surface area contributed by atoms with Crippen molar-refractivity contribution in [2.45, 2.75) is 20.4 Å². The first-order chi connectivity index (χ1) is 13.5. The Balaban J connectivity index is 1.64. The molecule has 0 saturated carbocycles. The number of amides is 2. The summed E-state index contributed by atoms with van der Waals surface area (Å²) in [6.07, 6.45) is 1.59. The number of rotatable bonds is 6. The Bertz CT molecular complexity index is 984. The van der Waals surface area contributed by atoms with Crippen molar-refractivity contribution in [1.82, 2.24) is 10.3 Å². The maximum Gasteiger partial charge on any atom is 0.270 e. The molecule has 2 amide bonds. The highest BCUT2D eigenvalue weighted by atomic mass is 16.2. The second kappa shape index (κ2) is 8.81. The van der Waals surface area contributed by atoms with Crippen molar-refractivity contribution in [2.75, 3.05) is 10.6 Å². The van der Waals surface area contributed by atoms with E-state index in [2.05, 4.69) is 20.9 Å². The zero-order valence-electron chi connectivity index (χ0n) is 15.8. The van der Waals surface area contributed by atoms with E-state index in [9.17, 15) is 9.59 Å². The van der Waals surface area contributed by atoms with E-state index in [4.69, 9.17) is 0 Å². The van der Waals surface area contributed by atoms with Gasteiger partial charge in [0.2, 0.25) is 5.91 Å². The molecule has 3 aromatic rings. The van der Waals surface area contributed by atoms with Crippen LogP contribution in [0.3, 0.4) is 0 Å². The van der Waals surface area contributed by atoms with Crippen LogP contribution in [0.1, 0.15) is 28.5 Å². The van der Waals surface area contributed by atoms with Gasteiger partial charge >= 0.3 is 0 Å². The number of nitrogens with one attached hydrogen (secondary N) is 3. The summed E-state index contributed by atoms with van der Waals surface area (Å²) in [7, 11) is 0. The second-order valence-corrected chi connectivity index (χ2v) is 6.42. The Morgan fingerprint density at radius 1 is 0.929 bits per heavy atom. The maximum absolute atomic E-state index is 12.4. The molecule has 1 heterocycles. The number of pyridine rings is 1. The molecule has 0 aliphatic heterocycles. The van der Waals surface area contributed by atoms with Gasteiger partial charge in [-0.05, 0) is 54.4 Å². The number of aryl methyl sites for hydroxylation is 1. The molecule has 0 radical (unpaired) electrons. The largest absolute Gasteiger partial charge is 0.355 e. The van der Waals surface area contributed by atoms with Crippen LogP contribution in [0.2, 0.25) is 0 Å². The van der Waals surface area contributed by atoms with Gasteiger partial charge in [0.25, 0.3) is 5.91 Å². The van der Waals surface area contributed by atoms with Crippen LogP contribution in [0.25, 0.3) is 0 Å². The summed E-state index contributed by atoms with van der Waals surface area (Å²) in [6.45, 7) is 3.94. The van der Waals surface area contributed by atoms with Crippen molar-refractivity contribution in [3.05, 3.63) is 83.7 Å². The fourth-order valence-electron chi connectivity index (χ4n) is 2.71. The lowest BCUT2D eigenvalue weighted by molar-refractivity contribution is -0.114. The molecule has 0 aliphatic carbocycles. The number of benzene rings is 2. The van der Waals surface area contributed by atoms with Crippen molar-refractivity contribution >= 4 is 28.9 Å². The van der Waals surface area contributed by atoms with Gasteiger partial charge in [-0.3, -0.25) is 14.6 Å². The normalized spacial score (nSPS) is 10.2. The highest BCUT2D eigenvalue weighted by molar-refractivity contribution is 5.93. The van der Waals surface area contributed by atoms with E-state index in [0.29, 0.717) is 12.2 Å². The molecule has 0 fully saturated rings. The molecule has 0 saturated heterocycles. The summed E-state index contributed by atoms with van der Waals surface area (Å²) in [5, 5.41) is 8.86. The van der Waals surface area contributed by atoms with E-state index < -0.39 is 0 Å². The van der Waals surface area contributed by atoms with E-state index in [1.807, 2.05) is 43.3 Å². The van der Waals surface area contributed by atoms with Crippen molar-refractivity contribution in [2.24, 2.45) is 0 Å². The Kier molecular flexibility index (Phi) is 6.01. The number of anilines is 3. The van der Waals surface area contributed by atoms with Gasteiger partial charge in [0.1, 0.15) is 5.69 Å². The first-order valence-corrected chi connectivity index (χ1v) is 8.95. The molecule has 1 aromatic heterocycles. The summed E-state index contributed by atoms with van der Waals surface area (Å²) in [6, 6.07) is 18.7. The second-order valence-electron chi connectivity index (χ2n) is 6.42. The minimum atomic E-state index is -0.229. The van der Waals surface area contributed by atoms with Gasteiger partial charge in [-0.2, -0.15) is 0 Å². The monoisotopic (exact) mass is 374 g/mol. The molecule has 0 spiro atoms. The number of nitrogens with zero attached hydrogens (tertiary/aromatic N) is 1. The highest BCUT2D eigenvalue weighted by Crippen LogP contribution is 2.19. The topological polar surface area (TPSA) is 83.1 Å². The highest BCUT2D eigenvalue weighted by Gasteiger charge is 2.09. The maximum atomic E-state index is 12.4. The van der Waals surface area contributed by atoms with Gasteiger partial charge < -0.3 is 16.0 Å². The van der Waals surface area contributed by atoms with E-state index in [-0.39, 0.29) is 11.8 Å². The molecule has 142 valence electrons. The summed E-state index contributed by atoms with van der Waals surface area (Å²) in [5.41, 5.74) is 4.87. The SMILES string of the molecule is CC(=O)Nc1ccc(Nc2ccnc(C(=O)NCc3ccccc3C)c2)cc1. The van der Waals surface area contributed by atoms with Gasteiger partial charge in [0.15, 0.2) is 0 Å². The van der Waals surface area contributed by atoms with Gasteiger partial charge in [-0.25, -0.2) is 0 Å². The molecule has 3 N–H and O–H groups in total. The number of carbonyl (C=O) groups excluding carboxylic acids is 2. The summed E-state index contributed by atoms with van der Waals surface area (Å²) in [4.78, 5) is 27.7. The van der Waals surface area contributed by atoms with Crippen molar-refractivity contribution in [3.63, 3.8) is 0 Å². The molecule has 6 heteroatoms. The Hall–Kier alpha value is -3.67. The molecule has 0 bridgehead atoms. The lowest BCUT2D eigenvalue weighted by Gasteiger charge is -2.10. The predicted octanol–water partition coefficient (Wildman–Crippen LogP) is 4.02. The first kappa shape index (κ1) is 19.1. The van der Waals surface area contributed by atoms with E-state index in [1.54, 1.807) is 30.5 Å². The number of hydrogen-bond donors (Lipinski definition) is 3. The summed E-state index contributed by atoms with van der Waals surface area (Å²) < 4.78 is 0. The fourth-order valence-corrected chi connectivity index (χ4v) is 2.71. The zero-order valence-corrected chi connectivity index (χ0v) is 15.8. The summed E-state index contributed by atoms with van der Waals surface area (Å²) in [5.74, 6) is -0.343. The minimum absolute atomic E-state index is 0.115. The van der Waals surface area contributed by atoms with Crippen molar-refractivity contribution in [3.8, 4) is 0 Å². The van der Waals surface area contributed by atoms with Gasteiger partial charge in [0.05, 0.1) is 0 Å². The standard InChI is InChI=1S/C22H22N4O2/c1-15-5-3-4-6-17(15)14-24-22(28)21-13-20(11-12-23-21)26-19-9-7-18(8-10-19)25-16(2)27/h3-13H,14H2,1-2H3,(H,23,26)(H,24,28)(H,25,27). The predicted molar refractivity (Wildman–Crippen MR) is 111 cm³/mol. The lowest BCUT2D eigenvalue weighted by Crippen LogP contribution is -2.24. The third-order valence-electron chi connectivity index (χ3n) is 4.19. The van der Waals surface area contributed by atoms with Crippen molar-refractivity contribution in [1.29, 1.82) is 0 Å². The van der Waals surface area contributed by atoms with Gasteiger partial charge in [0, 0.05) is 36.7 Å². The molecular weight excluding hydrogens is 352 g/mol. The fraction of sp³-hybridized carbons (Fsp3) is 0.136. The number of aromatic nitrogens is 1.